The molecule has 0 aliphatic rings. The number of hydrogen-bond donors (Lipinski definition) is 2. The fourth-order valence-corrected chi connectivity index (χ4v) is 3.87. The van der Waals surface area contributed by atoms with Crippen LogP contribution < -0.4 is 10.0 Å². The van der Waals surface area contributed by atoms with Crippen molar-refractivity contribution in [2.24, 2.45) is 0 Å². The Morgan fingerprint density at radius 2 is 1.62 bits per heavy atom. The summed E-state index contributed by atoms with van der Waals surface area (Å²) >= 11 is 0. The number of benzene rings is 1. The number of sulfonamides is 1. The Kier molecular flexibility index (Phi) is 6.84. The van der Waals surface area contributed by atoms with E-state index in [9.17, 15) is 8.42 Å². The molecule has 120 valence electrons. The quantitative estimate of drug-likeness (QED) is 0.776. The molecule has 0 fully saturated rings. The van der Waals surface area contributed by atoms with Crippen LogP contribution in [0.3, 0.4) is 0 Å². The van der Waals surface area contributed by atoms with Crippen molar-refractivity contribution in [3.8, 4) is 0 Å². The van der Waals surface area contributed by atoms with E-state index in [0.717, 1.165) is 13.0 Å². The molecule has 0 saturated heterocycles. The van der Waals surface area contributed by atoms with Gasteiger partial charge in [-0.25, -0.2) is 13.1 Å². The third kappa shape index (κ3) is 5.09. The van der Waals surface area contributed by atoms with Gasteiger partial charge >= 0.3 is 0 Å². The van der Waals surface area contributed by atoms with Crippen molar-refractivity contribution >= 4 is 10.0 Å². The zero-order valence-electron chi connectivity index (χ0n) is 13.7. The van der Waals surface area contributed by atoms with E-state index < -0.39 is 10.0 Å². The Morgan fingerprint density at radius 3 is 2.05 bits per heavy atom. The molecule has 0 saturated carbocycles. The van der Waals surface area contributed by atoms with Gasteiger partial charge in [0.25, 0.3) is 0 Å². The van der Waals surface area contributed by atoms with Crippen molar-refractivity contribution in [3.05, 3.63) is 29.8 Å². The lowest BCUT2D eigenvalue weighted by atomic mass is 9.90. The summed E-state index contributed by atoms with van der Waals surface area (Å²) in [5, 5.41) is 3.44. The summed E-state index contributed by atoms with van der Waals surface area (Å²) in [7, 11) is -3.40. The molecule has 2 atom stereocenters. The topological polar surface area (TPSA) is 58.2 Å². The summed E-state index contributed by atoms with van der Waals surface area (Å²) in [6.45, 7) is 11.0. The van der Waals surface area contributed by atoms with Crippen LogP contribution in [0.5, 0.6) is 0 Å². The maximum absolute atomic E-state index is 12.1. The molecule has 2 unspecified atom stereocenters. The summed E-state index contributed by atoms with van der Waals surface area (Å²) in [6, 6.07) is 7.51. The summed E-state index contributed by atoms with van der Waals surface area (Å²) in [5.41, 5.74) is 1.18. The van der Waals surface area contributed by atoms with Crippen molar-refractivity contribution in [1.29, 1.82) is 0 Å². The van der Waals surface area contributed by atoms with Crippen molar-refractivity contribution < 1.29 is 8.42 Å². The van der Waals surface area contributed by atoms with Gasteiger partial charge in [0, 0.05) is 12.1 Å². The molecular formula is C16H28N2O2S. The first kappa shape index (κ1) is 18.1. The predicted molar refractivity (Wildman–Crippen MR) is 88.1 cm³/mol. The fourth-order valence-electron chi connectivity index (χ4n) is 2.61. The average Bonchev–Trinajstić information content (AvgIpc) is 2.39. The van der Waals surface area contributed by atoms with Crippen molar-refractivity contribution in [1.82, 2.24) is 10.0 Å². The third-order valence-corrected chi connectivity index (χ3v) is 5.25. The Bertz CT molecular complexity index is 524. The minimum absolute atomic E-state index is 0.105. The molecule has 0 spiro atoms. The Balaban J connectivity index is 2.96. The van der Waals surface area contributed by atoms with Crippen LogP contribution in [-0.4, -0.2) is 27.0 Å². The molecule has 0 heterocycles. The minimum Gasteiger partial charge on any atom is -0.314 e. The van der Waals surface area contributed by atoms with Gasteiger partial charge in [-0.3, -0.25) is 0 Å². The maximum Gasteiger partial charge on any atom is 0.240 e. The summed E-state index contributed by atoms with van der Waals surface area (Å²) < 4.78 is 26.8. The van der Waals surface area contributed by atoms with Crippen molar-refractivity contribution in [2.45, 2.75) is 63.9 Å². The van der Waals surface area contributed by atoms with E-state index in [-0.39, 0.29) is 6.04 Å². The Hall–Kier alpha value is -0.910. The van der Waals surface area contributed by atoms with E-state index in [1.54, 1.807) is 12.1 Å². The first-order valence-corrected chi connectivity index (χ1v) is 9.15. The number of hydrogen-bond acceptors (Lipinski definition) is 3. The van der Waals surface area contributed by atoms with E-state index in [1.807, 2.05) is 26.0 Å². The highest BCUT2D eigenvalue weighted by atomic mass is 32.2. The lowest BCUT2D eigenvalue weighted by Crippen LogP contribution is -2.32. The largest absolute Gasteiger partial charge is 0.314 e. The van der Waals surface area contributed by atoms with Crippen LogP contribution >= 0.6 is 0 Å². The first-order valence-electron chi connectivity index (χ1n) is 7.67. The first-order chi connectivity index (χ1) is 9.81. The van der Waals surface area contributed by atoms with E-state index in [2.05, 4.69) is 30.8 Å². The molecule has 4 nitrogen and oxygen atoms in total. The van der Waals surface area contributed by atoms with Gasteiger partial charge in [0.15, 0.2) is 0 Å². The van der Waals surface area contributed by atoms with Gasteiger partial charge in [0.05, 0.1) is 4.90 Å². The molecule has 21 heavy (non-hydrogen) atoms. The van der Waals surface area contributed by atoms with E-state index in [4.69, 9.17) is 0 Å². The van der Waals surface area contributed by atoms with Gasteiger partial charge in [0.2, 0.25) is 10.0 Å². The van der Waals surface area contributed by atoms with Gasteiger partial charge in [-0.1, -0.05) is 26.0 Å². The van der Waals surface area contributed by atoms with Crippen LogP contribution in [0.4, 0.5) is 0 Å². The molecule has 0 aromatic heterocycles. The van der Waals surface area contributed by atoms with Crippen molar-refractivity contribution in [3.63, 3.8) is 0 Å². The lowest BCUT2D eigenvalue weighted by Gasteiger charge is -2.24. The molecule has 0 aliphatic carbocycles. The van der Waals surface area contributed by atoms with Crippen LogP contribution in [-0.2, 0) is 10.0 Å². The zero-order valence-corrected chi connectivity index (χ0v) is 14.5. The molecule has 1 rings (SSSR count). The molecule has 0 radical (unpaired) electrons. The monoisotopic (exact) mass is 312 g/mol. The van der Waals surface area contributed by atoms with Crippen LogP contribution in [0.25, 0.3) is 0 Å². The minimum atomic E-state index is -3.40. The van der Waals surface area contributed by atoms with Crippen molar-refractivity contribution in [2.75, 3.05) is 6.54 Å². The normalized spacial score (nSPS) is 15.1. The summed E-state index contributed by atoms with van der Waals surface area (Å²) in [6.07, 6.45) is 1.02. The van der Waals surface area contributed by atoms with E-state index in [0.29, 0.717) is 16.9 Å². The summed E-state index contributed by atoms with van der Waals surface area (Å²) in [5.74, 6) is 0.389. The molecule has 0 aliphatic heterocycles. The highest BCUT2D eigenvalue weighted by Crippen LogP contribution is 2.24. The molecule has 5 heteroatoms. The van der Waals surface area contributed by atoms with E-state index >= 15 is 0 Å². The van der Waals surface area contributed by atoms with Crippen LogP contribution in [0.1, 0.15) is 52.5 Å². The Labute approximate surface area is 129 Å². The molecule has 1 aromatic rings. The standard InChI is InChI=1S/C16H28N2O2S/c1-6-16(13(5)17-7-2)14-8-10-15(11-9-14)21(19,20)18-12(3)4/h8-13,16-18H,6-7H2,1-5H3. The van der Waals surface area contributed by atoms with Crippen LogP contribution in [0.2, 0.25) is 0 Å². The molecule has 0 bridgehead atoms. The second kappa shape index (κ2) is 7.92. The Morgan fingerprint density at radius 1 is 1.05 bits per heavy atom. The van der Waals surface area contributed by atoms with Gasteiger partial charge in [-0.05, 0) is 57.4 Å². The predicted octanol–water partition coefficient (Wildman–Crippen LogP) is 2.86. The average molecular weight is 312 g/mol. The SMILES string of the molecule is CCNC(C)C(CC)c1ccc(S(=O)(=O)NC(C)C)cc1. The van der Waals surface area contributed by atoms with Crippen LogP contribution in [0.15, 0.2) is 29.2 Å². The molecule has 1 aromatic carbocycles. The number of nitrogens with one attached hydrogen (secondary N) is 2. The van der Waals surface area contributed by atoms with Gasteiger partial charge < -0.3 is 5.32 Å². The highest BCUT2D eigenvalue weighted by molar-refractivity contribution is 7.89. The maximum atomic E-state index is 12.1. The van der Waals surface area contributed by atoms with E-state index in [1.165, 1.54) is 5.56 Å². The number of rotatable bonds is 8. The van der Waals surface area contributed by atoms with Gasteiger partial charge in [-0.15, -0.1) is 0 Å². The fraction of sp³-hybridized carbons (Fsp3) is 0.625. The second-order valence-corrected chi connectivity index (χ2v) is 7.42. The lowest BCUT2D eigenvalue weighted by molar-refractivity contribution is 0.460. The molecule has 2 N–H and O–H groups in total. The second-order valence-electron chi connectivity index (χ2n) is 5.71. The third-order valence-electron chi connectivity index (χ3n) is 3.58. The van der Waals surface area contributed by atoms with Gasteiger partial charge in [-0.2, -0.15) is 0 Å². The smallest absolute Gasteiger partial charge is 0.240 e. The zero-order chi connectivity index (χ0) is 16.0. The number of likely N-dealkylation sites (N-methyl/N-ethyl adjacent to an activating group) is 1. The molecule has 0 amide bonds. The summed E-state index contributed by atoms with van der Waals surface area (Å²) in [4.78, 5) is 0.325. The highest BCUT2D eigenvalue weighted by Gasteiger charge is 2.19. The van der Waals surface area contributed by atoms with Crippen LogP contribution in [0, 0.1) is 0 Å². The van der Waals surface area contributed by atoms with Gasteiger partial charge in [0.1, 0.15) is 0 Å². The molecular weight excluding hydrogens is 284 g/mol.